The maximum Gasteiger partial charge on any atom is 0.407 e. The van der Waals surface area contributed by atoms with E-state index in [1.807, 2.05) is 12.1 Å². The highest BCUT2D eigenvalue weighted by Gasteiger charge is 2.30. The molecule has 5 N–H and O–H groups in total. The summed E-state index contributed by atoms with van der Waals surface area (Å²) < 4.78 is 21.5. The fourth-order valence-electron chi connectivity index (χ4n) is 5.98. The maximum atomic E-state index is 13.9. The summed E-state index contributed by atoms with van der Waals surface area (Å²) in [6, 6.07) is 11.1. The second kappa shape index (κ2) is 24.7. The van der Waals surface area contributed by atoms with Crippen LogP contribution in [-0.2, 0) is 44.5 Å². The lowest BCUT2D eigenvalue weighted by Gasteiger charge is -2.25. The topological polar surface area (TPSA) is 199 Å². The summed E-state index contributed by atoms with van der Waals surface area (Å²) in [7, 11) is 1.22. The minimum Gasteiger partial charge on any atom is -0.467 e. The first-order valence-electron chi connectivity index (χ1n) is 20.3. The summed E-state index contributed by atoms with van der Waals surface area (Å²) in [6.07, 6.45) is 5.21. The lowest BCUT2D eigenvalue weighted by atomic mass is 10.0. The number of carbonyl (C=O) groups excluding carboxylic acids is 6. The summed E-state index contributed by atoms with van der Waals surface area (Å²) in [5.74, 6) is -3.10. The summed E-state index contributed by atoms with van der Waals surface area (Å²) in [4.78, 5) is 78.6. The summed E-state index contributed by atoms with van der Waals surface area (Å²) >= 11 is 0. The molecule has 0 radical (unpaired) electrons. The number of esters is 1. The average Bonchev–Trinajstić information content (AvgIpc) is 3.19. The van der Waals surface area contributed by atoms with E-state index in [1.165, 1.54) is 19.6 Å². The van der Waals surface area contributed by atoms with Gasteiger partial charge in [0.2, 0.25) is 17.7 Å². The Morgan fingerprint density at radius 2 is 1.52 bits per heavy atom. The van der Waals surface area contributed by atoms with Gasteiger partial charge in [-0.25, -0.2) is 9.59 Å². The van der Waals surface area contributed by atoms with Crippen LogP contribution in [0.25, 0.3) is 11.1 Å². The zero-order chi connectivity index (χ0) is 42.5. The highest BCUT2D eigenvalue weighted by atomic mass is 16.6. The van der Waals surface area contributed by atoms with Gasteiger partial charge in [-0.3, -0.25) is 19.2 Å². The molecule has 3 rings (SSSR count). The molecule has 15 nitrogen and oxygen atoms in total. The van der Waals surface area contributed by atoms with Gasteiger partial charge >= 0.3 is 12.1 Å². The normalized spacial score (nSPS) is 19.1. The van der Waals surface area contributed by atoms with E-state index in [0.29, 0.717) is 37.9 Å². The quantitative estimate of drug-likeness (QED) is 0.135. The molecule has 0 unspecified atom stereocenters. The maximum absolute atomic E-state index is 13.9. The van der Waals surface area contributed by atoms with Gasteiger partial charge < -0.3 is 45.5 Å². The van der Waals surface area contributed by atoms with E-state index in [-0.39, 0.29) is 39.2 Å². The molecule has 0 spiro atoms. The van der Waals surface area contributed by atoms with Gasteiger partial charge in [0.15, 0.2) is 0 Å². The number of aryl methyl sites for hydroxylation is 1. The molecule has 2 aromatic rings. The molecule has 0 aliphatic carbocycles. The molecule has 0 aromatic heterocycles. The predicted octanol–water partition coefficient (Wildman–Crippen LogP) is 4.35. The molecule has 15 heteroatoms. The first kappa shape index (κ1) is 47.4. The molecule has 1 aliphatic heterocycles. The van der Waals surface area contributed by atoms with Crippen molar-refractivity contribution < 1.29 is 47.7 Å². The van der Waals surface area contributed by atoms with Crippen LogP contribution in [0.2, 0.25) is 0 Å². The molecule has 2 aromatic carbocycles. The Hall–Kier alpha value is -5.02. The molecular weight excluding hydrogens is 746 g/mol. The van der Waals surface area contributed by atoms with Crippen LogP contribution in [0.3, 0.4) is 0 Å². The summed E-state index contributed by atoms with van der Waals surface area (Å²) in [5, 5.41) is 13.4. The Balaban J connectivity index is 1.75. The van der Waals surface area contributed by atoms with Crippen molar-refractivity contribution >= 4 is 35.7 Å². The van der Waals surface area contributed by atoms with Gasteiger partial charge in [0, 0.05) is 38.3 Å². The summed E-state index contributed by atoms with van der Waals surface area (Å²) in [5.41, 5.74) is 2.91. The number of methoxy groups -OCH3 is 1. The second-order valence-electron chi connectivity index (χ2n) is 15.4. The molecule has 4 atom stereocenters. The number of hydrogen-bond acceptors (Lipinski definition) is 10. The van der Waals surface area contributed by atoms with Gasteiger partial charge in [-0.05, 0) is 101 Å². The lowest BCUT2D eigenvalue weighted by molar-refractivity contribution is -0.146. The van der Waals surface area contributed by atoms with E-state index < -0.39 is 65.5 Å². The third-order valence-electron chi connectivity index (χ3n) is 9.31. The lowest BCUT2D eigenvalue weighted by Crippen LogP contribution is -2.58. The number of ether oxygens (including phenoxy) is 4. The van der Waals surface area contributed by atoms with E-state index in [1.54, 1.807) is 32.9 Å². The molecule has 1 aliphatic rings. The highest BCUT2D eigenvalue weighted by Crippen LogP contribution is 2.21. The third kappa shape index (κ3) is 17.2. The van der Waals surface area contributed by atoms with E-state index in [0.717, 1.165) is 30.4 Å². The number of benzene rings is 2. The van der Waals surface area contributed by atoms with Crippen molar-refractivity contribution in [1.82, 2.24) is 26.6 Å². The Morgan fingerprint density at radius 1 is 0.862 bits per heavy atom. The van der Waals surface area contributed by atoms with Crippen LogP contribution in [0.1, 0.15) is 102 Å². The van der Waals surface area contributed by atoms with Gasteiger partial charge in [0.1, 0.15) is 29.8 Å². The van der Waals surface area contributed by atoms with Crippen LogP contribution >= 0.6 is 0 Å². The number of carbonyl (C=O) groups is 6. The second-order valence-corrected chi connectivity index (χ2v) is 15.4. The van der Waals surface area contributed by atoms with Crippen LogP contribution in [0.5, 0.6) is 0 Å². The SMILES string of the molecule is CCCCc1ccc(-c2ccc(C(=O)N[C@@H](CCCCNC(=O)OC(C)(C)C)C(=O)N[C@H]3COCCCCOCC[C@@H](C(=O)OC)NC(=O)[C@H](C)NC3=O)cc2)cc1. The molecule has 1 heterocycles. The van der Waals surface area contributed by atoms with Crippen LogP contribution < -0.4 is 26.6 Å². The number of alkyl carbamates (subject to hydrolysis) is 1. The zero-order valence-corrected chi connectivity index (χ0v) is 34.9. The van der Waals surface area contributed by atoms with E-state index in [4.69, 9.17) is 18.9 Å². The zero-order valence-electron chi connectivity index (χ0n) is 34.9. The van der Waals surface area contributed by atoms with Crippen molar-refractivity contribution in [1.29, 1.82) is 0 Å². The number of unbranched alkanes of at least 4 members (excludes halogenated alkanes) is 2. The molecule has 1 fully saturated rings. The van der Waals surface area contributed by atoms with Gasteiger partial charge in [-0.15, -0.1) is 0 Å². The van der Waals surface area contributed by atoms with Gasteiger partial charge in [0.25, 0.3) is 5.91 Å². The average molecular weight is 810 g/mol. The molecule has 0 saturated carbocycles. The van der Waals surface area contributed by atoms with E-state index in [9.17, 15) is 28.8 Å². The number of amides is 5. The molecule has 1 saturated heterocycles. The Labute approximate surface area is 342 Å². The Morgan fingerprint density at radius 3 is 2.16 bits per heavy atom. The van der Waals surface area contributed by atoms with Crippen LogP contribution in [0.4, 0.5) is 4.79 Å². The first-order chi connectivity index (χ1) is 27.7. The molecular formula is C43H63N5O10. The monoisotopic (exact) mass is 809 g/mol. The number of hydrogen-bond donors (Lipinski definition) is 5. The molecule has 320 valence electrons. The fourth-order valence-corrected chi connectivity index (χ4v) is 5.98. The van der Waals surface area contributed by atoms with Crippen molar-refractivity contribution in [3.63, 3.8) is 0 Å². The standard InChI is InChI=1S/C43H63N5O10/c1-7-8-13-30-15-17-31(18-16-30)32-19-21-33(22-20-32)38(50)46-34(14-9-10-24-44-42(54)58-43(3,4)5)39(51)48-36-28-57-26-12-11-25-56-27-23-35(41(53)55-6)47-37(49)29(2)45-40(36)52/h15-22,29,34-36H,7-14,23-28H2,1-6H3,(H,44,54)(H,45,52)(H,46,50)(H,47,49)(H,48,51)/t29-,34-,35-,36-/m0/s1. The van der Waals surface area contributed by atoms with Crippen molar-refractivity contribution in [2.24, 2.45) is 0 Å². The predicted molar refractivity (Wildman–Crippen MR) is 219 cm³/mol. The summed E-state index contributed by atoms with van der Waals surface area (Å²) in [6.45, 7) is 9.86. The molecule has 5 amide bonds. The van der Waals surface area contributed by atoms with Crippen molar-refractivity contribution in [3.8, 4) is 11.1 Å². The highest BCUT2D eigenvalue weighted by molar-refractivity contribution is 5.99. The van der Waals surface area contributed by atoms with Gasteiger partial charge in [-0.2, -0.15) is 0 Å². The van der Waals surface area contributed by atoms with Crippen LogP contribution in [0, 0.1) is 0 Å². The fraction of sp³-hybridized carbons (Fsp3) is 0.581. The van der Waals surface area contributed by atoms with Crippen molar-refractivity contribution in [2.75, 3.05) is 40.1 Å². The van der Waals surface area contributed by atoms with Crippen molar-refractivity contribution in [3.05, 3.63) is 59.7 Å². The number of rotatable bonds is 14. The van der Waals surface area contributed by atoms with Crippen LogP contribution in [0.15, 0.2) is 48.5 Å². The number of nitrogens with one attached hydrogen (secondary N) is 5. The van der Waals surface area contributed by atoms with E-state index in [2.05, 4.69) is 57.8 Å². The van der Waals surface area contributed by atoms with Crippen LogP contribution in [-0.4, -0.2) is 106 Å². The minimum atomic E-state index is -1.23. The first-order valence-corrected chi connectivity index (χ1v) is 20.3. The van der Waals surface area contributed by atoms with Gasteiger partial charge in [0.05, 0.1) is 13.7 Å². The van der Waals surface area contributed by atoms with E-state index >= 15 is 0 Å². The molecule has 0 bridgehead atoms. The minimum absolute atomic E-state index is 0.176. The Bertz CT molecular complexity index is 1630. The smallest absolute Gasteiger partial charge is 0.407 e. The molecule has 58 heavy (non-hydrogen) atoms. The third-order valence-corrected chi connectivity index (χ3v) is 9.31. The largest absolute Gasteiger partial charge is 0.467 e. The van der Waals surface area contributed by atoms with Crippen molar-refractivity contribution in [2.45, 2.75) is 122 Å². The van der Waals surface area contributed by atoms with Gasteiger partial charge in [-0.1, -0.05) is 49.7 Å². The Kier molecular flexibility index (Phi) is 20.2.